The summed E-state index contributed by atoms with van der Waals surface area (Å²) < 4.78 is 0. The summed E-state index contributed by atoms with van der Waals surface area (Å²) in [4.78, 5) is 19.3. The van der Waals surface area contributed by atoms with E-state index in [1.807, 2.05) is 38.1 Å². The quantitative estimate of drug-likeness (QED) is 0.460. The monoisotopic (exact) mass is 401 g/mol. The van der Waals surface area contributed by atoms with Crippen LogP contribution in [0, 0.1) is 5.92 Å². The molecule has 1 aromatic rings. The van der Waals surface area contributed by atoms with Gasteiger partial charge in [-0.3, -0.25) is 4.79 Å². The molecule has 2 rings (SSSR count). The molecular weight excluding hydrogens is 362 g/mol. The molecule has 1 heterocycles. The zero-order valence-corrected chi connectivity index (χ0v) is 18.8. The van der Waals surface area contributed by atoms with Gasteiger partial charge < -0.3 is 20.9 Å². The molecule has 1 aliphatic heterocycles. The minimum absolute atomic E-state index is 0.0587. The Hall–Kier alpha value is -2.08. The van der Waals surface area contributed by atoms with Gasteiger partial charge in [0.15, 0.2) is 5.96 Å². The molecule has 3 N–H and O–H groups in total. The number of hydrogen-bond donors (Lipinski definition) is 3. The molecule has 0 aromatic heterocycles. The summed E-state index contributed by atoms with van der Waals surface area (Å²) >= 11 is 0. The molecule has 6 nitrogen and oxygen atoms in total. The third-order valence-electron chi connectivity index (χ3n) is 5.17. The van der Waals surface area contributed by atoms with Gasteiger partial charge in [-0.05, 0) is 57.2 Å². The number of nitrogens with zero attached hydrogens (tertiary/aromatic N) is 2. The third kappa shape index (κ3) is 8.44. The summed E-state index contributed by atoms with van der Waals surface area (Å²) in [5.74, 6) is 1.28. The SMILES string of the molecule is CCNC(=NCc1cccc(NC(=O)CC(C)C)c1)NC1CCN(C(C)C)CC1. The van der Waals surface area contributed by atoms with Gasteiger partial charge in [0.2, 0.25) is 5.91 Å². The van der Waals surface area contributed by atoms with E-state index in [1.54, 1.807) is 0 Å². The van der Waals surface area contributed by atoms with Crippen molar-refractivity contribution in [1.29, 1.82) is 0 Å². The molecule has 1 aromatic carbocycles. The van der Waals surface area contributed by atoms with Gasteiger partial charge >= 0.3 is 0 Å². The average molecular weight is 402 g/mol. The number of benzene rings is 1. The van der Waals surface area contributed by atoms with Crippen LogP contribution in [0.1, 0.15) is 59.4 Å². The van der Waals surface area contributed by atoms with Gasteiger partial charge in [-0.2, -0.15) is 0 Å². The largest absolute Gasteiger partial charge is 0.357 e. The number of rotatable bonds is 8. The highest BCUT2D eigenvalue weighted by molar-refractivity contribution is 5.90. The molecule has 1 aliphatic rings. The minimum Gasteiger partial charge on any atom is -0.357 e. The fraction of sp³-hybridized carbons (Fsp3) is 0.652. The van der Waals surface area contributed by atoms with Crippen molar-refractivity contribution in [2.75, 3.05) is 25.0 Å². The van der Waals surface area contributed by atoms with Gasteiger partial charge in [0.05, 0.1) is 6.54 Å². The molecular formula is C23H39N5O. The molecule has 0 aliphatic carbocycles. The summed E-state index contributed by atoms with van der Waals surface area (Å²) in [6, 6.07) is 9.03. The Morgan fingerprint density at radius 1 is 1.21 bits per heavy atom. The zero-order valence-electron chi connectivity index (χ0n) is 18.8. The number of piperidine rings is 1. The minimum atomic E-state index is 0.0587. The first-order valence-electron chi connectivity index (χ1n) is 11.0. The fourth-order valence-electron chi connectivity index (χ4n) is 3.57. The van der Waals surface area contributed by atoms with Crippen LogP contribution in [0.25, 0.3) is 0 Å². The fourth-order valence-corrected chi connectivity index (χ4v) is 3.57. The maximum atomic E-state index is 12.0. The van der Waals surface area contributed by atoms with Crippen LogP contribution in [0.3, 0.4) is 0 Å². The van der Waals surface area contributed by atoms with Crippen LogP contribution in [0.5, 0.6) is 0 Å². The van der Waals surface area contributed by atoms with Crippen molar-refractivity contribution >= 4 is 17.6 Å². The van der Waals surface area contributed by atoms with Crippen molar-refractivity contribution in [2.45, 2.75) is 72.5 Å². The van der Waals surface area contributed by atoms with E-state index in [0.717, 1.165) is 49.7 Å². The summed E-state index contributed by atoms with van der Waals surface area (Å²) in [5.41, 5.74) is 1.92. The number of anilines is 1. The summed E-state index contributed by atoms with van der Waals surface area (Å²) in [6.45, 7) is 14.4. The van der Waals surface area contributed by atoms with Gasteiger partial charge in [-0.25, -0.2) is 4.99 Å². The van der Waals surface area contributed by atoms with Crippen molar-refractivity contribution in [2.24, 2.45) is 10.9 Å². The Morgan fingerprint density at radius 3 is 2.55 bits per heavy atom. The highest BCUT2D eigenvalue weighted by atomic mass is 16.1. The Kier molecular flexibility index (Phi) is 9.45. The Labute approximate surface area is 176 Å². The number of carbonyl (C=O) groups excluding carboxylic acids is 1. The molecule has 1 amide bonds. The number of guanidine groups is 1. The van der Waals surface area contributed by atoms with E-state index in [0.29, 0.717) is 31.0 Å². The van der Waals surface area contributed by atoms with Crippen LogP contribution in [0.2, 0.25) is 0 Å². The Bertz CT molecular complexity index is 663. The van der Waals surface area contributed by atoms with E-state index >= 15 is 0 Å². The maximum absolute atomic E-state index is 12.0. The number of likely N-dealkylation sites (tertiary alicyclic amines) is 1. The first-order chi connectivity index (χ1) is 13.9. The van der Waals surface area contributed by atoms with Gasteiger partial charge in [0, 0.05) is 43.8 Å². The molecule has 1 saturated heterocycles. The smallest absolute Gasteiger partial charge is 0.224 e. The summed E-state index contributed by atoms with van der Waals surface area (Å²) in [7, 11) is 0. The standard InChI is InChI=1S/C23H39N5O/c1-6-24-23(27-20-10-12-28(13-11-20)18(4)5)25-16-19-8-7-9-21(15-19)26-22(29)14-17(2)3/h7-9,15,17-18,20H,6,10-14,16H2,1-5H3,(H,26,29)(H2,24,25,27). The molecule has 0 unspecified atom stereocenters. The lowest BCUT2D eigenvalue weighted by molar-refractivity contribution is -0.116. The second-order valence-electron chi connectivity index (χ2n) is 8.59. The Balaban J connectivity index is 1.92. The molecule has 0 saturated carbocycles. The van der Waals surface area contributed by atoms with Crippen molar-refractivity contribution < 1.29 is 4.79 Å². The highest BCUT2D eigenvalue weighted by Crippen LogP contribution is 2.14. The second-order valence-corrected chi connectivity index (χ2v) is 8.59. The molecule has 0 bridgehead atoms. The zero-order chi connectivity index (χ0) is 21.2. The van der Waals surface area contributed by atoms with E-state index in [-0.39, 0.29) is 5.91 Å². The van der Waals surface area contributed by atoms with E-state index in [4.69, 9.17) is 4.99 Å². The van der Waals surface area contributed by atoms with Gasteiger partial charge in [0.25, 0.3) is 0 Å². The van der Waals surface area contributed by atoms with Crippen molar-refractivity contribution in [1.82, 2.24) is 15.5 Å². The summed E-state index contributed by atoms with van der Waals surface area (Å²) in [5, 5.41) is 9.94. The first-order valence-corrected chi connectivity index (χ1v) is 11.0. The maximum Gasteiger partial charge on any atom is 0.224 e. The molecule has 0 spiro atoms. The van der Waals surface area contributed by atoms with E-state index in [9.17, 15) is 4.79 Å². The van der Waals surface area contributed by atoms with Crippen molar-refractivity contribution in [3.63, 3.8) is 0 Å². The first kappa shape index (κ1) is 23.2. The lowest BCUT2D eigenvalue weighted by Gasteiger charge is -2.35. The predicted octanol–water partition coefficient (Wildman–Crippen LogP) is 3.60. The third-order valence-corrected chi connectivity index (χ3v) is 5.17. The molecule has 29 heavy (non-hydrogen) atoms. The average Bonchev–Trinajstić information content (AvgIpc) is 2.66. The predicted molar refractivity (Wildman–Crippen MR) is 122 cm³/mol. The highest BCUT2D eigenvalue weighted by Gasteiger charge is 2.21. The van der Waals surface area contributed by atoms with Crippen molar-refractivity contribution in [3.05, 3.63) is 29.8 Å². The lowest BCUT2D eigenvalue weighted by atomic mass is 10.0. The van der Waals surface area contributed by atoms with Crippen LogP contribution in [-0.4, -0.2) is 48.5 Å². The number of amides is 1. The van der Waals surface area contributed by atoms with Crippen LogP contribution < -0.4 is 16.0 Å². The van der Waals surface area contributed by atoms with Crippen LogP contribution >= 0.6 is 0 Å². The topological polar surface area (TPSA) is 68.8 Å². The number of carbonyl (C=O) groups is 1. The molecule has 162 valence electrons. The number of hydrogen-bond acceptors (Lipinski definition) is 3. The number of nitrogens with one attached hydrogen (secondary N) is 3. The van der Waals surface area contributed by atoms with Crippen LogP contribution in [0.4, 0.5) is 5.69 Å². The van der Waals surface area contributed by atoms with E-state index < -0.39 is 0 Å². The van der Waals surface area contributed by atoms with Gasteiger partial charge in [-0.1, -0.05) is 26.0 Å². The molecule has 1 fully saturated rings. The molecule has 6 heteroatoms. The normalized spacial score (nSPS) is 16.3. The van der Waals surface area contributed by atoms with Crippen LogP contribution in [-0.2, 0) is 11.3 Å². The lowest BCUT2D eigenvalue weighted by Crippen LogP contribution is -2.49. The second kappa shape index (κ2) is 11.8. The summed E-state index contributed by atoms with van der Waals surface area (Å²) in [6.07, 6.45) is 2.81. The molecule has 0 radical (unpaired) electrons. The molecule has 0 atom stereocenters. The van der Waals surface area contributed by atoms with Crippen molar-refractivity contribution in [3.8, 4) is 0 Å². The Morgan fingerprint density at radius 2 is 1.93 bits per heavy atom. The van der Waals surface area contributed by atoms with Crippen LogP contribution in [0.15, 0.2) is 29.3 Å². The van der Waals surface area contributed by atoms with E-state index in [1.165, 1.54) is 0 Å². The van der Waals surface area contributed by atoms with Gasteiger partial charge in [0.1, 0.15) is 0 Å². The van der Waals surface area contributed by atoms with Gasteiger partial charge in [-0.15, -0.1) is 0 Å². The van der Waals surface area contributed by atoms with E-state index in [2.05, 4.69) is 41.6 Å². The number of aliphatic imine (C=N–C) groups is 1.